The first kappa shape index (κ1) is 18.5. The van der Waals surface area contributed by atoms with Crippen molar-refractivity contribution in [1.29, 1.82) is 0 Å². The molecule has 0 aliphatic heterocycles. The van der Waals surface area contributed by atoms with Gasteiger partial charge in [0.05, 0.1) is 30.0 Å². The Morgan fingerprint density at radius 3 is 2.67 bits per heavy atom. The maximum Gasteiger partial charge on any atom is 0.306 e. The van der Waals surface area contributed by atoms with Crippen molar-refractivity contribution in [3.63, 3.8) is 0 Å². The van der Waals surface area contributed by atoms with Crippen molar-refractivity contribution in [2.45, 2.75) is 25.9 Å². The van der Waals surface area contributed by atoms with E-state index in [4.69, 9.17) is 9.15 Å². The van der Waals surface area contributed by atoms with Crippen molar-refractivity contribution < 1.29 is 24.2 Å². The number of hydrogen-bond donors (Lipinski definition) is 2. The lowest BCUT2D eigenvalue weighted by atomic mass is 9.91. The van der Waals surface area contributed by atoms with Crippen LogP contribution in [0.5, 0.6) is 5.75 Å². The second-order valence-corrected chi connectivity index (χ2v) is 5.81. The smallest absolute Gasteiger partial charge is 0.306 e. The number of aliphatic hydroxyl groups excluding tert-OH is 1. The molecule has 8 heteroatoms. The third kappa shape index (κ3) is 3.95. The monoisotopic (exact) mass is 370 g/mol. The first-order chi connectivity index (χ1) is 13.0. The summed E-state index contributed by atoms with van der Waals surface area (Å²) in [6.45, 7) is 1.36. The number of benzene rings is 1. The number of ether oxygens (including phenoxy) is 1. The molecule has 0 bridgehead atoms. The maximum atomic E-state index is 12.1. The van der Waals surface area contributed by atoms with Gasteiger partial charge in [0.15, 0.2) is 5.76 Å². The fraction of sp³-hybridized carbons (Fsp3) is 0.263. The summed E-state index contributed by atoms with van der Waals surface area (Å²) in [5, 5.41) is 19.6. The molecule has 1 aromatic carbocycles. The zero-order chi connectivity index (χ0) is 19.4. The number of fused-ring (bicyclic) bond motifs is 1. The van der Waals surface area contributed by atoms with Crippen molar-refractivity contribution in [3.05, 3.63) is 64.0 Å². The molecule has 0 aliphatic carbocycles. The number of aromatic hydroxyl groups is 1. The van der Waals surface area contributed by atoms with E-state index in [0.717, 1.165) is 6.07 Å². The molecule has 0 fully saturated rings. The largest absolute Gasteiger partial charge is 0.502 e. The van der Waals surface area contributed by atoms with Crippen molar-refractivity contribution >= 4 is 17.0 Å². The summed E-state index contributed by atoms with van der Waals surface area (Å²) in [6, 6.07) is 6.15. The second-order valence-electron chi connectivity index (χ2n) is 5.81. The average molecular weight is 370 g/mol. The normalized spacial score (nSPS) is 12.1. The Hall–Kier alpha value is -3.26. The van der Waals surface area contributed by atoms with E-state index in [9.17, 15) is 19.8 Å². The van der Waals surface area contributed by atoms with E-state index >= 15 is 0 Å². The van der Waals surface area contributed by atoms with Gasteiger partial charge in [0.2, 0.25) is 11.2 Å². The topological polar surface area (TPSA) is 123 Å². The highest BCUT2D eigenvalue weighted by molar-refractivity contribution is 5.76. The molecule has 27 heavy (non-hydrogen) atoms. The first-order valence-electron chi connectivity index (χ1n) is 8.36. The van der Waals surface area contributed by atoms with Crippen LogP contribution in [0.15, 0.2) is 45.9 Å². The lowest BCUT2D eigenvalue weighted by molar-refractivity contribution is -0.143. The number of aromatic nitrogens is 2. The van der Waals surface area contributed by atoms with Gasteiger partial charge in [-0.2, -0.15) is 0 Å². The van der Waals surface area contributed by atoms with Crippen molar-refractivity contribution in [2.24, 2.45) is 0 Å². The fourth-order valence-electron chi connectivity index (χ4n) is 2.81. The van der Waals surface area contributed by atoms with E-state index in [1.807, 2.05) is 0 Å². The maximum absolute atomic E-state index is 12.1. The third-order valence-electron chi connectivity index (χ3n) is 4.04. The van der Waals surface area contributed by atoms with Crippen LogP contribution in [0.25, 0.3) is 11.0 Å². The summed E-state index contributed by atoms with van der Waals surface area (Å²) in [7, 11) is 0. The molecule has 0 saturated carbocycles. The molecule has 0 aliphatic rings. The number of aliphatic hydroxyl groups is 1. The predicted octanol–water partition coefficient (Wildman–Crippen LogP) is 1.87. The van der Waals surface area contributed by atoms with Crippen LogP contribution in [-0.2, 0) is 16.1 Å². The molecule has 0 amide bonds. The molecule has 8 nitrogen and oxygen atoms in total. The number of carbonyl (C=O) groups excluding carboxylic acids is 1. The minimum atomic E-state index is -0.797. The quantitative estimate of drug-likeness (QED) is 0.631. The molecular weight excluding hydrogens is 352 g/mol. The molecule has 0 spiro atoms. The molecular formula is C19H18N2O6. The van der Waals surface area contributed by atoms with Crippen LogP contribution in [0.2, 0.25) is 0 Å². The van der Waals surface area contributed by atoms with Crippen molar-refractivity contribution in [3.8, 4) is 5.75 Å². The Balaban J connectivity index is 2.14. The number of rotatable bonds is 6. The van der Waals surface area contributed by atoms with Gasteiger partial charge in [-0.1, -0.05) is 6.07 Å². The SMILES string of the molecule is CCOC(=O)C[C@H](c1ccc2nccnc2c1)c1oc(CO)cc(=O)c1O. The van der Waals surface area contributed by atoms with Crippen molar-refractivity contribution in [2.75, 3.05) is 6.61 Å². The van der Waals surface area contributed by atoms with Gasteiger partial charge in [0, 0.05) is 18.5 Å². The van der Waals surface area contributed by atoms with Crippen LogP contribution in [0, 0.1) is 0 Å². The Morgan fingerprint density at radius 1 is 1.22 bits per heavy atom. The summed E-state index contributed by atoms with van der Waals surface area (Å²) in [5.41, 5.74) is 1.13. The number of carbonyl (C=O) groups is 1. The van der Waals surface area contributed by atoms with Gasteiger partial charge < -0.3 is 19.4 Å². The Bertz CT molecular complexity index is 1030. The van der Waals surface area contributed by atoms with Gasteiger partial charge in [-0.3, -0.25) is 19.6 Å². The van der Waals surface area contributed by atoms with E-state index in [1.165, 1.54) is 6.20 Å². The predicted molar refractivity (Wildman–Crippen MR) is 95.2 cm³/mol. The second kappa shape index (κ2) is 7.96. The Morgan fingerprint density at radius 2 is 1.96 bits per heavy atom. The lowest BCUT2D eigenvalue weighted by Crippen LogP contribution is -2.15. The zero-order valence-electron chi connectivity index (χ0n) is 14.6. The minimum Gasteiger partial charge on any atom is -0.502 e. The Labute approximate surface area is 154 Å². The summed E-state index contributed by atoms with van der Waals surface area (Å²) in [6.07, 6.45) is 2.94. The van der Waals surface area contributed by atoms with Gasteiger partial charge in [-0.25, -0.2) is 0 Å². The van der Waals surface area contributed by atoms with E-state index in [0.29, 0.717) is 16.6 Å². The van der Waals surface area contributed by atoms with Crippen molar-refractivity contribution in [1.82, 2.24) is 9.97 Å². The highest BCUT2D eigenvalue weighted by Crippen LogP contribution is 2.34. The zero-order valence-corrected chi connectivity index (χ0v) is 14.6. The van der Waals surface area contributed by atoms with Gasteiger partial charge in [0.25, 0.3) is 0 Å². The summed E-state index contributed by atoms with van der Waals surface area (Å²) >= 11 is 0. The van der Waals surface area contributed by atoms with Crippen LogP contribution in [0.3, 0.4) is 0 Å². The lowest BCUT2D eigenvalue weighted by Gasteiger charge is -2.17. The summed E-state index contributed by atoms with van der Waals surface area (Å²) < 4.78 is 10.5. The average Bonchev–Trinajstić information content (AvgIpc) is 2.68. The van der Waals surface area contributed by atoms with Crippen LogP contribution in [0.1, 0.15) is 36.3 Å². The summed E-state index contributed by atoms with van der Waals surface area (Å²) in [5.74, 6) is -2.04. The third-order valence-corrected chi connectivity index (χ3v) is 4.04. The first-order valence-corrected chi connectivity index (χ1v) is 8.36. The van der Waals surface area contributed by atoms with Crippen LogP contribution in [-0.4, -0.2) is 32.8 Å². The summed E-state index contributed by atoms with van der Waals surface area (Å²) in [4.78, 5) is 32.6. The molecule has 0 saturated heterocycles. The van der Waals surface area contributed by atoms with Gasteiger partial charge in [-0.05, 0) is 24.6 Å². The fourth-order valence-corrected chi connectivity index (χ4v) is 2.81. The molecule has 140 valence electrons. The van der Waals surface area contributed by atoms with E-state index in [-0.39, 0.29) is 24.5 Å². The van der Waals surface area contributed by atoms with Gasteiger partial charge in [0.1, 0.15) is 12.4 Å². The molecule has 0 unspecified atom stereocenters. The molecule has 2 aromatic heterocycles. The number of esters is 1. The molecule has 0 radical (unpaired) electrons. The standard InChI is InChI=1S/C19H18N2O6/c1-2-26-17(24)9-13(19-18(25)16(23)8-12(10-22)27-19)11-3-4-14-15(7-11)21-6-5-20-14/h3-8,13,22,25H,2,9-10H2,1H3/t13-/m1/s1. The van der Waals surface area contributed by atoms with Gasteiger partial charge in [-0.15, -0.1) is 0 Å². The Kier molecular flexibility index (Phi) is 5.46. The van der Waals surface area contributed by atoms with Crippen LogP contribution in [0.4, 0.5) is 0 Å². The van der Waals surface area contributed by atoms with Crippen LogP contribution < -0.4 is 5.43 Å². The molecule has 3 rings (SSSR count). The highest BCUT2D eigenvalue weighted by atomic mass is 16.5. The van der Waals surface area contributed by atoms with Crippen LogP contribution >= 0.6 is 0 Å². The highest BCUT2D eigenvalue weighted by Gasteiger charge is 2.27. The van der Waals surface area contributed by atoms with E-state index in [2.05, 4.69) is 9.97 Å². The molecule has 2 N–H and O–H groups in total. The molecule has 2 heterocycles. The molecule has 1 atom stereocenters. The van der Waals surface area contributed by atoms with Gasteiger partial charge >= 0.3 is 5.97 Å². The molecule has 3 aromatic rings. The number of nitrogens with zero attached hydrogens (tertiary/aromatic N) is 2. The van der Waals surface area contributed by atoms with E-state index in [1.54, 1.807) is 31.3 Å². The van der Waals surface area contributed by atoms with E-state index < -0.39 is 29.7 Å². The number of hydrogen-bond acceptors (Lipinski definition) is 8. The minimum absolute atomic E-state index is 0.0118.